The predicted octanol–water partition coefficient (Wildman–Crippen LogP) is 12.4. The Morgan fingerprint density at radius 3 is 2.06 bits per heavy atom. The molecule has 2 aromatic heterocycles. The molecular weight excluding hydrogens is 625 g/mol. The molecule has 0 aliphatic carbocycles. The first-order valence-corrected chi connectivity index (χ1v) is 16.9. The summed E-state index contributed by atoms with van der Waals surface area (Å²) in [6.07, 6.45) is 0. The summed E-state index contributed by atoms with van der Waals surface area (Å²) in [4.78, 5) is 10.6. The quantitative estimate of drug-likeness (QED) is 0.190. The van der Waals surface area contributed by atoms with E-state index < -0.39 is 0 Å². The van der Waals surface area contributed by atoms with Crippen LogP contribution in [0.15, 0.2) is 174 Å². The predicted molar refractivity (Wildman–Crippen MR) is 210 cm³/mol. The smallest absolute Gasteiger partial charge is 0.251 e. The molecule has 0 atom stereocenters. The van der Waals surface area contributed by atoms with E-state index in [4.69, 9.17) is 18.5 Å². The Hall–Kier alpha value is -6.98. The molecule has 51 heavy (non-hydrogen) atoms. The van der Waals surface area contributed by atoms with Gasteiger partial charge in [0.25, 0.3) is 5.95 Å². The molecule has 0 amide bonds. The monoisotopic (exact) mass is 655 g/mol. The van der Waals surface area contributed by atoms with Gasteiger partial charge in [-0.2, -0.15) is 0 Å². The molecule has 5 heteroatoms. The zero-order valence-electron chi connectivity index (χ0n) is 30.1. The van der Waals surface area contributed by atoms with E-state index in [-0.39, 0.29) is 18.1 Å². The van der Waals surface area contributed by atoms with Crippen LogP contribution < -0.4 is 10.0 Å². The van der Waals surface area contributed by atoms with Gasteiger partial charge in [-0.15, -0.1) is 0 Å². The summed E-state index contributed by atoms with van der Waals surface area (Å²) >= 11 is 0. The molecule has 0 saturated carbocycles. The van der Waals surface area contributed by atoms with E-state index in [1.54, 1.807) is 0 Å². The van der Waals surface area contributed by atoms with E-state index in [9.17, 15) is 0 Å². The van der Waals surface area contributed by atoms with Crippen LogP contribution in [0, 0.1) is 0 Å². The molecule has 1 aliphatic rings. The van der Waals surface area contributed by atoms with Crippen molar-refractivity contribution in [2.24, 2.45) is 0 Å². The van der Waals surface area contributed by atoms with Gasteiger partial charge in [-0.25, -0.2) is 20.0 Å². The van der Waals surface area contributed by atoms with Crippen molar-refractivity contribution in [3.8, 4) is 22.4 Å². The number of fused-ring (bicyclic) bond motifs is 13. The maximum Gasteiger partial charge on any atom is 0.251 e. The molecule has 10 aromatic rings. The van der Waals surface area contributed by atoms with Crippen LogP contribution >= 0.6 is 0 Å². The number of nitrogens with zero attached hydrogens (tertiary/aromatic N) is 4. The lowest BCUT2D eigenvalue weighted by atomic mass is 9.87. The Morgan fingerprint density at radius 2 is 1.22 bits per heavy atom. The van der Waals surface area contributed by atoms with Gasteiger partial charge in [0, 0.05) is 32.8 Å². The zero-order valence-corrected chi connectivity index (χ0v) is 27.1. The van der Waals surface area contributed by atoms with E-state index in [1.165, 1.54) is 12.1 Å². The maximum atomic E-state index is 8.97. The molecule has 5 nitrogen and oxygen atoms in total. The van der Waals surface area contributed by atoms with Crippen molar-refractivity contribution in [1.82, 2.24) is 9.97 Å². The molecule has 0 fully saturated rings. The van der Waals surface area contributed by atoms with Gasteiger partial charge in [-0.05, 0) is 51.9 Å². The van der Waals surface area contributed by atoms with E-state index in [1.807, 2.05) is 60.7 Å². The van der Waals surface area contributed by atoms with Crippen molar-refractivity contribution in [2.75, 3.05) is 10.0 Å². The van der Waals surface area contributed by atoms with Gasteiger partial charge >= 0.3 is 0 Å². The first kappa shape index (κ1) is 25.1. The molecule has 8 aromatic carbocycles. The number of para-hydroxylation sites is 3. The summed E-state index contributed by atoms with van der Waals surface area (Å²) in [6.45, 7) is 0. The number of rotatable bonds is 3. The molecule has 0 saturated heterocycles. The highest BCUT2D eigenvalue weighted by atomic mass is 16.3. The van der Waals surface area contributed by atoms with Crippen LogP contribution in [0.1, 0.15) is 4.11 Å². The lowest BCUT2D eigenvalue weighted by Gasteiger charge is -2.43. The molecule has 0 radical (unpaired) electrons. The summed E-state index contributed by atoms with van der Waals surface area (Å²) in [5, 5.41) is 11.3. The number of hydrogen-bond acceptors (Lipinski definition) is 5. The van der Waals surface area contributed by atoms with Crippen molar-refractivity contribution in [3.05, 3.63) is 170 Å². The van der Waals surface area contributed by atoms with Crippen LogP contribution in [0.4, 0.5) is 23.0 Å². The molecule has 0 unspecified atom stereocenters. The second kappa shape index (κ2) is 10.8. The largest absolute Gasteiger partial charge is 0.454 e. The van der Waals surface area contributed by atoms with E-state index in [0.717, 1.165) is 66.1 Å². The van der Waals surface area contributed by atoms with Gasteiger partial charge in [0.05, 0.1) is 26.7 Å². The molecule has 0 bridgehead atoms. The number of hydrogen-bond donors (Lipinski definition) is 0. The number of aromatic nitrogens is 2. The van der Waals surface area contributed by atoms with Crippen molar-refractivity contribution in [3.63, 3.8) is 0 Å². The highest BCUT2D eigenvalue weighted by molar-refractivity contribution is 6.30. The molecule has 3 heterocycles. The number of furan rings is 1. The average Bonchev–Trinajstić information content (AvgIpc) is 3.60. The van der Waals surface area contributed by atoms with Crippen LogP contribution in [-0.2, 0) is 0 Å². The van der Waals surface area contributed by atoms with Crippen molar-refractivity contribution < 1.29 is 8.53 Å². The molecule has 238 valence electrons. The summed E-state index contributed by atoms with van der Waals surface area (Å²) in [7, 11) is 0. The summed E-state index contributed by atoms with van der Waals surface area (Å²) in [6, 6.07) is 50.5. The lowest BCUT2D eigenvalue weighted by molar-refractivity contribution is 0.667. The molecular formula is C46H28N4O. The van der Waals surface area contributed by atoms with Gasteiger partial charge < -0.3 is 4.42 Å². The first-order valence-electron chi connectivity index (χ1n) is 18.4. The highest BCUT2D eigenvalue weighted by Gasteiger charge is 2.38. The SMILES string of the molecule is [2H]c1cc([2H])c(-c2nc(N3c4c(c5ccccc5c5c4oc4ccccc45)-c4c(ccc5ccccc45)N3c3ccccc3)nc3ccccc23)c([2H])c1. The average molecular weight is 656 g/mol. The van der Waals surface area contributed by atoms with Crippen molar-refractivity contribution >= 4 is 77.4 Å². The second-order valence-corrected chi connectivity index (χ2v) is 12.7. The number of anilines is 4. The Kier molecular flexibility index (Phi) is 5.29. The zero-order chi connectivity index (χ0) is 36.1. The topological polar surface area (TPSA) is 45.4 Å². The highest BCUT2D eigenvalue weighted by Crippen LogP contribution is 2.57. The fourth-order valence-electron chi connectivity index (χ4n) is 7.81. The minimum Gasteiger partial charge on any atom is -0.454 e. The van der Waals surface area contributed by atoms with Crippen LogP contribution in [-0.4, -0.2) is 9.97 Å². The first-order chi connectivity index (χ1) is 26.5. The third kappa shape index (κ3) is 4.03. The maximum absolute atomic E-state index is 8.97. The van der Waals surface area contributed by atoms with Gasteiger partial charge in [-0.1, -0.05) is 139 Å². The van der Waals surface area contributed by atoms with Crippen molar-refractivity contribution in [2.45, 2.75) is 0 Å². The van der Waals surface area contributed by atoms with E-state index >= 15 is 0 Å². The van der Waals surface area contributed by atoms with Gasteiger partial charge in [-0.3, -0.25) is 0 Å². The summed E-state index contributed by atoms with van der Waals surface area (Å²) < 4.78 is 33.1. The van der Waals surface area contributed by atoms with E-state index in [2.05, 4.69) is 88.9 Å². The van der Waals surface area contributed by atoms with Crippen LogP contribution in [0.3, 0.4) is 0 Å². The minimum absolute atomic E-state index is 0.0590. The standard InChI is InChI=1S/C46H28N4O/c1-3-16-30(17-4-1)43-35-23-11-13-25-37(35)47-46(48-43)50-44-42(34-22-10-9-21-33(34)40-36-24-12-14-26-39(36)51-45(40)44)41-32-20-8-7-15-29(32)27-28-38(41)49(50)31-18-5-2-6-19-31/h1-28H/i1D,16D,17D. The Balaban J connectivity index is 1.37. The lowest BCUT2D eigenvalue weighted by Crippen LogP contribution is -2.40. The normalized spacial score (nSPS) is 13.5. The third-order valence-corrected chi connectivity index (χ3v) is 9.93. The van der Waals surface area contributed by atoms with E-state index in [0.29, 0.717) is 33.7 Å². The van der Waals surface area contributed by atoms with Gasteiger partial charge in [0.15, 0.2) is 5.58 Å². The van der Waals surface area contributed by atoms with Crippen molar-refractivity contribution in [1.29, 1.82) is 0 Å². The summed E-state index contributed by atoms with van der Waals surface area (Å²) in [5.41, 5.74) is 7.59. The van der Waals surface area contributed by atoms with Crippen LogP contribution in [0.5, 0.6) is 0 Å². The molecule has 11 rings (SSSR count). The number of benzene rings is 8. The Morgan fingerprint density at radius 1 is 0.529 bits per heavy atom. The second-order valence-electron chi connectivity index (χ2n) is 12.7. The molecule has 1 aliphatic heterocycles. The Bertz CT molecular complexity index is 3160. The minimum atomic E-state index is 0.0590. The summed E-state index contributed by atoms with van der Waals surface area (Å²) in [5.74, 6) is 0.346. The molecule has 0 spiro atoms. The van der Waals surface area contributed by atoms with Gasteiger partial charge in [0.1, 0.15) is 11.3 Å². The van der Waals surface area contributed by atoms with Gasteiger partial charge in [0.2, 0.25) is 0 Å². The molecule has 0 N–H and O–H groups in total. The van der Waals surface area contributed by atoms with Crippen LogP contribution in [0.2, 0.25) is 0 Å². The fraction of sp³-hybridized carbons (Fsp3) is 0. The van der Waals surface area contributed by atoms with Crippen LogP contribution in [0.25, 0.3) is 76.8 Å². The number of hydrazine groups is 1. The fourth-order valence-corrected chi connectivity index (χ4v) is 7.81. The third-order valence-electron chi connectivity index (χ3n) is 9.93. The Labute approximate surface area is 297 Å².